The summed E-state index contributed by atoms with van der Waals surface area (Å²) >= 11 is 0. The van der Waals surface area contributed by atoms with Crippen molar-refractivity contribution >= 4 is 15.9 Å². The molecule has 9 heteroatoms. The van der Waals surface area contributed by atoms with E-state index in [-0.39, 0.29) is 49.3 Å². The van der Waals surface area contributed by atoms with Gasteiger partial charge in [-0.05, 0) is 36.4 Å². The molecular weight excluding hydrogens is 423 g/mol. The van der Waals surface area contributed by atoms with Gasteiger partial charge in [0.05, 0.1) is 0 Å². The van der Waals surface area contributed by atoms with E-state index in [2.05, 4.69) is 0 Å². The number of amides is 1. The van der Waals surface area contributed by atoms with Gasteiger partial charge >= 0.3 is 0 Å². The largest absolute Gasteiger partial charge is 0.486 e. The van der Waals surface area contributed by atoms with E-state index in [9.17, 15) is 17.6 Å². The third-order valence-electron chi connectivity index (χ3n) is 4.98. The molecule has 0 unspecified atom stereocenters. The molecule has 0 N–H and O–H groups in total. The van der Waals surface area contributed by atoms with E-state index in [0.29, 0.717) is 11.5 Å². The lowest BCUT2D eigenvalue weighted by Crippen LogP contribution is -2.50. The van der Waals surface area contributed by atoms with Crippen LogP contribution in [0.25, 0.3) is 0 Å². The van der Waals surface area contributed by atoms with E-state index >= 15 is 0 Å². The van der Waals surface area contributed by atoms with Crippen molar-refractivity contribution in [1.29, 1.82) is 0 Å². The number of halogens is 1. The molecule has 1 aliphatic rings. The number of para-hydroxylation sites is 1. The SMILES string of the molecule is O=C(c1ccc(COc2ccccc2)o1)N1CCN(S(=O)(=O)c2ccccc2F)CC1. The zero-order valence-electron chi connectivity index (χ0n) is 16.6. The monoisotopic (exact) mass is 444 g/mol. The molecule has 2 heterocycles. The Kier molecular flexibility index (Phi) is 6.06. The molecule has 0 aliphatic carbocycles. The van der Waals surface area contributed by atoms with Crippen molar-refractivity contribution in [2.45, 2.75) is 11.5 Å². The fraction of sp³-hybridized carbons (Fsp3) is 0.227. The number of sulfonamides is 1. The van der Waals surface area contributed by atoms with E-state index in [1.807, 2.05) is 30.3 Å². The molecule has 0 bridgehead atoms. The Bertz CT molecular complexity index is 1160. The van der Waals surface area contributed by atoms with Gasteiger partial charge in [-0.2, -0.15) is 4.31 Å². The molecule has 162 valence electrons. The second-order valence-corrected chi connectivity index (χ2v) is 8.90. The van der Waals surface area contributed by atoms with Crippen LogP contribution in [0.15, 0.2) is 76.0 Å². The van der Waals surface area contributed by atoms with Crippen molar-refractivity contribution < 1.29 is 26.8 Å². The first-order valence-electron chi connectivity index (χ1n) is 9.75. The normalized spacial score (nSPS) is 15.1. The maximum Gasteiger partial charge on any atom is 0.289 e. The molecule has 1 amide bonds. The molecule has 7 nitrogen and oxygen atoms in total. The third-order valence-corrected chi connectivity index (χ3v) is 6.91. The van der Waals surface area contributed by atoms with Gasteiger partial charge in [0.2, 0.25) is 10.0 Å². The Labute approximate surface area is 179 Å². The molecule has 1 saturated heterocycles. The number of hydrogen-bond donors (Lipinski definition) is 0. The number of hydrogen-bond acceptors (Lipinski definition) is 5. The van der Waals surface area contributed by atoms with Crippen LogP contribution < -0.4 is 4.74 Å². The van der Waals surface area contributed by atoms with Crippen molar-refractivity contribution in [1.82, 2.24) is 9.21 Å². The van der Waals surface area contributed by atoms with Crippen molar-refractivity contribution in [2.75, 3.05) is 26.2 Å². The predicted octanol–water partition coefficient (Wildman–Crippen LogP) is 3.14. The number of ether oxygens (including phenoxy) is 1. The van der Waals surface area contributed by atoms with Gasteiger partial charge in [-0.25, -0.2) is 12.8 Å². The highest BCUT2D eigenvalue weighted by Crippen LogP contribution is 2.21. The minimum atomic E-state index is -3.96. The van der Waals surface area contributed by atoms with Crippen molar-refractivity contribution in [3.05, 3.63) is 84.1 Å². The van der Waals surface area contributed by atoms with Gasteiger partial charge in [0, 0.05) is 26.2 Å². The standard InChI is InChI=1S/C22H21FN2O5S/c23-19-8-4-5-9-21(19)31(27,28)25-14-12-24(13-15-25)22(26)20-11-10-18(30-20)16-29-17-6-2-1-3-7-17/h1-11H,12-16H2. The quantitative estimate of drug-likeness (QED) is 0.584. The van der Waals surface area contributed by atoms with Crippen LogP contribution in [0.1, 0.15) is 16.3 Å². The second kappa shape index (κ2) is 8.91. The zero-order chi connectivity index (χ0) is 21.8. The van der Waals surface area contributed by atoms with E-state index in [1.54, 1.807) is 12.1 Å². The van der Waals surface area contributed by atoms with Gasteiger partial charge in [-0.1, -0.05) is 30.3 Å². The molecule has 0 atom stereocenters. The Morgan fingerprint density at radius 3 is 2.32 bits per heavy atom. The van der Waals surface area contributed by atoms with Gasteiger partial charge in [-0.3, -0.25) is 4.79 Å². The van der Waals surface area contributed by atoms with Crippen LogP contribution in [0.2, 0.25) is 0 Å². The molecule has 2 aromatic carbocycles. The van der Waals surface area contributed by atoms with Crippen LogP contribution in [-0.2, 0) is 16.6 Å². The first-order chi connectivity index (χ1) is 14.9. The number of rotatable bonds is 6. The van der Waals surface area contributed by atoms with Crippen LogP contribution in [-0.4, -0.2) is 49.7 Å². The van der Waals surface area contributed by atoms with Crippen LogP contribution in [0.3, 0.4) is 0 Å². The van der Waals surface area contributed by atoms with Crippen LogP contribution in [0.5, 0.6) is 5.75 Å². The van der Waals surface area contributed by atoms with Gasteiger partial charge in [-0.15, -0.1) is 0 Å². The minimum Gasteiger partial charge on any atom is -0.486 e. The highest BCUT2D eigenvalue weighted by molar-refractivity contribution is 7.89. The average molecular weight is 444 g/mol. The summed E-state index contributed by atoms with van der Waals surface area (Å²) in [6, 6.07) is 17.8. The topological polar surface area (TPSA) is 80.1 Å². The van der Waals surface area contributed by atoms with Crippen LogP contribution >= 0.6 is 0 Å². The Morgan fingerprint density at radius 2 is 1.61 bits per heavy atom. The third kappa shape index (κ3) is 4.62. The van der Waals surface area contributed by atoms with E-state index in [0.717, 1.165) is 6.07 Å². The fourth-order valence-corrected chi connectivity index (χ4v) is 4.81. The predicted molar refractivity (Wildman–Crippen MR) is 111 cm³/mol. The summed E-state index contributed by atoms with van der Waals surface area (Å²) in [5.41, 5.74) is 0. The molecule has 1 fully saturated rings. The van der Waals surface area contributed by atoms with Crippen LogP contribution in [0.4, 0.5) is 4.39 Å². The molecule has 1 aromatic heterocycles. The maximum absolute atomic E-state index is 13.9. The molecule has 3 aromatic rings. The Hall–Kier alpha value is -3.17. The summed E-state index contributed by atoms with van der Waals surface area (Å²) in [6.45, 7) is 0.707. The highest BCUT2D eigenvalue weighted by Gasteiger charge is 2.32. The van der Waals surface area contributed by atoms with Crippen molar-refractivity contribution in [3.63, 3.8) is 0 Å². The van der Waals surface area contributed by atoms with Gasteiger partial charge in [0.15, 0.2) is 5.76 Å². The first kappa shape index (κ1) is 21.1. The molecular formula is C22H21FN2O5S. The number of benzene rings is 2. The van der Waals surface area contributed by atoms with Gasteiger partial charge in [0.1, 0.15) is 28.8 Å². The van der Waals surface area contributed by atoms with E-state index < -0.39 is 15.8 Å². The number of nitrogens with zero attached hydrogens (tertiary/aromatic N) is 2. The number of furan rings is 1. The summed E-state index contributed by atoms with van der Waals surface area (Å²) in [7, 11) is -3.96. The van der Waals surface area contributed by atoms with Crippen molar-refractivity contribution in [2.24, 2.45) is 0 Å². The first-order valence-corrected chi connectivity index (χ1v) is 11.2. The molecule has 31 heavy (non-hydrogen) atoms. The van der Waals surface area contributed by atoms with Crippen LogP contribution in [0, 0.1) is 5.82 Å². The summed E-state index contributed by atoms with van der Waals surface area (Å²) < 4.78 is 51.7. The van der Waals surface area contributed by atoms with E-state index in [4.69, 9.17) is 9.15 Å². The lowest BCUT2D eigenvalue weighted by molar-refractivity contribution is 0.0662. The summed E-state index contributed by atoms with van der Waals surface area (Å²) in [4.78, 5) is 13.9. The lowest BCUT2D eigenvalue weighted by atomic mass is 10.3. The average Bonchev–Trinajstić information content (AvgIpc) is 3.27. The number of piperazine rings is 1. The van der Waals surface area contributed by atoms with Crippen molar-refractivity contribution in [3.8, 4) is 5.75 Å². The Morgan fingerprint density at radius 1 is 0.935 bits per heavy atom. The molecule has 0 radical (unpaired) electrons. The summed E-state index contributed by atoms with van der Waals surface area (Å²) in [5.74, 6) is 0.250. The molecule has 0 saturated carbocycles. The minimum absolute atomic E-state index is 0.0765. The molecule has 0 spiro atoms. The maximum atomic E-state index is 13.9. The van der Waals surface area contributed by atoms with Gasteiger partial charge < -0.3 is 14.1 Å². The van der Waals surface area contributed by atoms with E-state index in [1.165, 1.54) is 27.4 Å². The number of carbonyl (C=O) groups is 1. The summed E-state index contributed by atoms with van der Waals surface area (Å²) in [6.07, 6.45) is 0. The smallest absolute Gasteiger partial charge is 0.289 e. The zero-order valence-corrected chi connectivity index (χ0v) is 17.4. The molecule has 4 rings (SSSR count). The summed E-state index contributed by atoms with van der Waals surface area (Å²) in [5, 5.41) is 0. The lowest BCUT2D eigenvalue weighted by Gasteiger charge is -2.33. The fourth-order valence-electron chi connectivity index (χ4n) is 3.32. The molecule has 1 aliphatic heterocycles. The highest BCUT2D eigenvalue weighted by atomic mass is 32.2. The second-order valence-electron chi connectivity index (χ2n) is 6.99. The van der Waals surface area contributed by atoms with Gasteiger partial charge in [0.25, 0.3) is 5.91 Å². The number of carbonyl (C=O) groups excluding carboxylic acids is 1. The Balaban J connectivity index is 1.35.